The van der Waals surface area contributed by atoms with Gasteiger partial charge in [0.05, 0.1) is 17.1 Å². The lowest BCUT2D eigenvalue weighted by Gasteiger charge is -2.22. The zero-order valence-electron chi connectivity index (χ0n) is 17.8. The lowest BCUT2D eigenvalue weighted by atomic mass is 10.1. The fraction of sp³-hybridized carbons (Fsp3) is 0.391. The maximum absolute atomic E-state index is 13.0. The first kappa shape index (κ1) is 23.3. The summed E-state index contributed by atoms with van der Waals surface area (Å²) in [5.74, 6) is -4.16. The van der Waals surface area contributed by atoms with Crippen molar-refractivity contribution in [3.05, 3.63) is 59.7 Å². The van der Waals surface area contributed by atoms with Crippen LogP contribution in [-0.2, 0) is 21.2 Å². The number of nitrogens with zero attached hydrogens (tertiary/aromatic N) is 1. The van der Waals surface area contributed by atoms with Gasteiger partial charge < -0.3 is 10.6 Å². The summed E-state index contributed by atoms with van der Waals surface area (Å²) < 4.78 is 49.8. The zero-order valence-corrected chi connectivity index (χ0v) is 18.7. The Kier molecular flexibility index (Phi) is 6.76. The average molecular weight is 478 g/mol. The number of carbonyl (C=O) groups excluding carboxylic acids is 2. The Labute approximate surface area is 191 Å². The second kappa shape index (κ2) is 9.56. The summed E-state index contributed by atoms with van der Waals surface area (Å²) in [6.07, 6.45) is 3.90. The van der Waals surface area contributed by atoms with E-state index >= 15 is 0 Å². The van der Waals surface area contributed by atoms with Gasteiger partial charge in [-0.05, 0) is 55.5 Å². The minimum atomic E-state index is -4.84. The molecule has 0 unspecified atom stereocenters. The molecule has 2 aromatic carbocycles. The molecule has 0 atom stereocenters. The van der Waals surface area contributed by atoms with Crippen molar-refractivity contribution < 1.29 is 26.8 Å². The van der Waals surface area contributed by atoms with Gasteiger partial charge >= 0.3 is 5.76 Å². The van der Waals surface area contributed by atoms with Crippen molar-refractivity contribution in [2.45, 2.75) is 55.0 Å². The molecule has 33 heavy (non-hydrogen) atoms. The molecule has 0 saturated heterocycles. The first-order valence-electron chi connectivity index (χ1n) is 10.8. The Bertz CT molecular complexity index is 1130. The van der Waals surface area contributed by atoms with E-state index < -0.39 is 26.4 Å². The maximum Gasteiger partial charge on any atom is 0.341 e. The van der Waals surface area contributed by atoms with Gasteiger partial charge in [0, 0.05) is 24.2 Å². The third-order valence-electron chi connectivity index (χ3n) is 5.63. The largest absolute Gasteiger partial charge is 0.349 e. The number of rotatable bonds is 10. The Morgan fingerprint density at radius 1 is 1.00 bits per heavy atom. The molecule has 2 amide bonds. The monoisotopic (exact) mass is 477 g/mol. The summed E-state index contributed by atoms with van der Waals surface area (Å²) in [7, 11) is -4.84. The van der Waals surface area contributed by atoms with Gasteiger partial charge in [-0.25, -0.2) is 8.42 Å². The normalized spacial score (nSPS) is 16.1. The van der Waals surface area contributed by atoms with E-state index in [1.54, 1.807) is 12.1 Å². The van der Waals surface area contributed by atoms with E-state index in [0.29, 0.717) is 12.1 Å². The number of anilines is 1. The van der Waals surface area contributed by atoms with Crippen LogP contribution in [0.2, 0.25) is 0 Å². The van der Waals surface area contributed by atoms with Gasteiger partial charge in [0.2, 0.25) is 15.7 Å². The van der Waals surface area contributed by atoms with Crippen LogP contribution in [0.4, 0.5) is 14.5 Å². The number of hydrogen-bond acceptors (Lipinski definition) is 5. The molecular formula is C23H25F2N3O4S. The number of benzene rings is 2. The summed E-state index contributed by atoms with van der Waals surface area (Å²) in [5, 5.41) is 5.41. The standard InChI is InChI=1S/C23H25F2N3O4S/c24-23(25)33(31,32)20-4-2-1-3-19(20)27-21(29)14-28(18-11-12-18)13-15-5-7-16(8-6-15)22(30)26-17-9-10-17/h1-8,17-18,23H,9-14H2,(H,26,30)(H,27,29). The minimum absolute atomic E-state index is 0.0162. The molecule has 0 aliphatic heterocycles. The SMILES string of the molecule is O=C(CN(Cc1ccc(C(=O)NC2CC2)cc1)C1CC1)Nc1ccccc1S(=O)(=O)C(F)F. The molecule has 2 aromatic rings. The number of para-hydroxylation sites is 1. The zero-order chi connectivity index (χ0) is 23.6. The molecule has 0 radical (unpaired) electrons. The molecule has 7 nitrogen and oxygen atoms in total. The molecule has 0 heterocycles. The van der Waals surface area contributed by atoms with Gasteiger partial charge in [0.1, 0.15) is 0 Å². The van der Waals surface area contributed by atoms with Crippen molar-refractivity contribution in [1.82, 2.24) is 10.2 Å². The number of hydrogen-bond donors (Lipinski definition) is 2. The highest BCUT2D eigenvalue weighted by Gasteiger charge is 2.32. The number of amides is 2. The first-order valence-corrected chi connectivity index (χ1v) is 12.3. The molecule has 0 spiro atoms. The van der Waals surface area contributed by atoms with Gasteiger partial charge in [-0.1, -0.05) is 24.3 Å². The van der Waals surface area contributed by atoms with Crippen LogP contribution in [-0.4, -0.2) is 49.5 Å². The number of alkyl halides is 2. The topological polar surface area (TPSA) is 95.6 Å². The second-order valence-electron chi connectivity index (χ2n) is 8.43. The highest BCUT2D eigenvalue weighted by molar-refractivity contribution is 7.91. The van der Waals surface area contributed by atoms with E-state index in [-0.39, 0.29) is 30.2 Å². The van der Waals surface area contributed by atoms with Crippen LogP contribution in [0, 0.1) is 0 Å². The fourth-order valence-electron chi connectivity index (χ4n) is 3.53. The Morgan fingerprint density at radius 2 is 1.67 bits per heavy atom. The fourth-order valence-corrected chi connectivity index (χ4v) is 4.42. The molecule has 2 saturated carbocycles. The summed E-state index contributed by atoms with van der Waals surface area (Å²) in [6, 6.07) is 12.8. The molecule has 176 valence electrons. The number of nitrogens with one attached hydrogen (secondary N) is 2. The van der Waals surface area contributed by atoms with Crippen LogP contribution in [0.25, 0.3) is 0 Å². The summed E-state index contributed by atoms with van der Waals surface area (Å²) in [4.78, 5) is 26.2. The smallest absolute Gasteiger partial charge is 0.341 e. The predicted molar refractivity (Wildman–Crippen MR) is 119 cm³/mol. The van der Waals surface area contributed by atoms with Crippen molar-refractivity contribution in [3.63, 3.8) is 0 Å². The third kappa shape index (κ3) is 5.94. The van der Waals surface area contributed by atoms with Crippen LogP contribution in [0.5, 0.6) is 0 Å². The third-order valence-corrected chi connectivity index (χ3v) is 7.06. The summed E-state index contributed by atoms with van der Waals surface area (Å²) >= 11 is 0. The summed E-state index contributed by atoms with van der Waals surface area (Å²) in [5.41, 5.74) is 1.35. The number of carbonyl (C=O) groups is 2. The van der Waals surface area contributed by atoms with Crippen LogP contribution in [0.15, 0.2) is 53.4 Å². The minimum Gasteiger partial charge on any atom is -0.349 e. The van der Waals surface area contributed by atoms with E-state index in [4.69, 9.17) is 0 Å². The van der Waals surface area contributed by atoms with Crippen molar-refractivity contribution in [3.8, 4) is 0 Å². The van der Waals surface area contributed by atoms with Crippen molar-refractivity contribution in [2.75, 3.05) is 11.9 Å². The molecule has 2 fully saturated rings. The predicted octanol–water partition coefficient (Wildman–Crippen LogP) is 3.18. The molecule has 2 aliphatic carbocycles. The lowest BCUT2D eigenvalue weighted by Crippen LogP contribution is -2.34. The first-order chi connectivity index (χ1) is 15.7. The van der Waals surface area contributed by atoms with Crippen LogP contribution >= 0.6 is 0 Å². The van der Waals surface area contributed by atoms with E-state index in [2.05, 4.69) is 10.6 Å². The van der Waals surface area contributed by atoms with Gasteiger partial charge in [0.25, 0.3) is 5.91 Å². The average Bonchev–Trinajstić information content (AvgIpc) is 3.68. The number of halogens is 2. The maximum atomic E-state index is 13.0. The molecule has 4 rings (SSSR count). The summed E-state index contributed by atoms with van der Waals surface area (Å²) in [6.45, 7) is 0.456. The number of sulfone groups is 1. The van der Waals surface area contributed by atoms with Gasteiger partial charge in [0.15, 0.2) is 0 Å². The van der Waals surface area contributed by atoms with Crippen LogP contribution in [0.1, 0.15) is 41.6 Å². The molecule has 2 aliphatic rings. The van der Waals surface area contributed by atoms with E-state index in [1.165, 1.54) is 18.2 Å². The van der Waals surface area contributed by atoms with Gasteiger partial charge in [-0.2, -0.15) is 8.78 Å². The molecule has 2 N–H and O–H groups in total. The lowest BCUT2D eigenvalue weighted by molar-refractivity contribution is -0.117. The van der Waals surface area contributed by atoms with E-state index in [0.717, 1.165) is 37.3 Å². The second-order valence-corrected chi connectivity index (χ2v) is 10.3. The van der Waals surface area contributed by atoms with Gasteiger partial charge in [-0.15, -0.1) is 0 Å². The van der Waals surface area contributed by atoms with Crippen LogP contribution < -0.4 is 10.6 Å². The van der Waals surface area contributed by atoms with Gasteiger partial charge in [-0.3, -0.25) is 14.5 Å². The Hall–Kier alpha value is -2.85. The van der Waals surface area contributed by atoms with Crippen LogP contribution in [0.3, 0.4) is 0 Å². The molecular weight excluding hydrogens is 452 g/mol. The Morgan fingerprint density at radius 3 is 2.27 bits per heavy atom. The van der Waals surface area contributed by atoms with E-state index in [1.807, 2.05) is 17.0 Å². The van der Waals surface area contributed by atoms with E-state index in [9.17, 15) is 26.8 Å². The molecule has 0 aromatic heterocycles. The Balaban J connectivity index is 1.40. The molecule has 0 bridgehead atoms. The highest BCUT2D eigenvalue weighted by atomic mass is 32.2. The quantitative estimate of drug-likeness (QED) is 0.548. The van der Waals surface area contributed by atoms with Crippen molar-refractivity contribution in [2.24, 2.45) is 0 Å². The van der Waals surface area contributed by atoms with Crippen molar-refractivity contribution >= 4 is 27.3 Å². The highest BCUT2D eigenvalue weighted by Crippen LogP contribution is 2.29. The molecule has 10 heteroatoms. The van der Waals surface area contributed by atoms with Crippen molar-refractivity contribution in [1.29, 1.82) is 0 Å².